The van der Waals surface area contributed by atoms with Gasteiger partial charge in [-0.05, 0) is 37.5 Å². The molecule has 0 atom stereocenters. The first-order chi connectivity index (χ1) is 10.9. The maximum Gasteiger partial charge on any atom is 0.191 e. The predicted molar refractivity (Wildman–Crippen MR) is 111 cm³/mol. The zero-order chi connectivity index (χ0) is 17.3. The summed E-state index contributed by atoms with van der Waals surface area (Å²) in [7, 11) is -1.32. The van der Waals surface area contributed by atoms with E-state index < -0.39 is 9.84 Å². The third kappa shape index (κ3) is 9.31. The third-order valence-corrected chi connectivity index (χ3v) is 4.18. The molecule has 0 aromatic heterocycles. The number of aliphatic imine (C=N–C) groups is 1. The van der Waals surface area contributed by atoms with Gasteiger partial charge in [-0.2, -0.15) is 0 Å². The van der Waals surface area contributed by atoms with E-state index in [4.69, 9.17) is 4.74 Å². The number of benzene rings is 1. The molecule has 0 fully saturated rings. The van der Waals surface area contributed by atoms with Crippen molar-refractivity contribution in [2.45, 2.75) is 20.3 Å². The van der Waals surface area contributed by atoms with Crippen LogP contribution < -0.4 is 15.4 Å². The minimum Gasteiger partial charge on any atom is -0.496 e. The van der Waals surface area contributed by atoms with Crippen LogP contribution >= 0.6 is 24.0 Å². The molecule has 138 valence electrons. The second-order valence-corrected chi connectivity index (χ2v) is 7.63. The van der Waals surface area contributed by atoms with Gasteiger partial charge in [0.15, 0.2) is 5.96 Å². The van der Waals surface area contributed by atoms with E-state index in [0.717, 1.165) is 24.3 Å². The molecule has 0 unspecified atom stereocenters. The first-order valence-corrected chi connectivity index (χ1v) is 9.75. The average molecular weight is 469 g/mol. The molecule has 8 heteroatoms. The van der Waals surface area contributed by atoms with Gasteiger partial charge in [-0.25, -0.2) is 8.42 Å². The molecule has 0 aliphatic carbocycles. The van der Waals surface area contributed by atoms with Gasteiger partial charge < -0.3 is 15.4 Å². The maximum atomic E-state index is 11.1. The van der Waals surface area contributed by atoms with Gasteiger partial charge >= 0.3 is 0 Å². The summed E-state index contributed by atoms with van der Waals surface area (Å²) in [5, 5.41) is 6.32. The van der Waals surface area contributed by atoms with Crippen molar-refractivity contribution in [1.82, 2.24) is 10.6 Å². The zero-order valence-electron chi connectivity index (χ0n) is 14.8. The number of rotatable bonds is 8. The number of ether oxygens (including phenoxy) is 1. The SMILES string of the molecule is CCNC(=NCCS(C)(=O)=O)NCCc1ccc(C)c(OC)c1.I. The number of hydrogen-bond donors (Lipinski definition) is 2. The fourth-order valence-electron chi connectivity index (χ4n) is 2.01. The molecule has 0 saturated heterocycles. The highest BCUT2D eigenvalue weighted by Crippen LogP contribution is 2.18. The van der Waals surface area contributed by atoms with Gasteiger partial charge in [-0.15, -0.1) is 24.0 Å². The molecule has 2 N–H and O–H groups in total. The summed E-state index contributed by atoms with van der Waals surface area (Å²) in [5.41, 5.74) is 2.28. The Morgan fingerprint density at radius 3 is 2.58 bits per heavy atom. The smallest absolute Gasteiger partial charge is 0.191 e. The number of halogens is 1. The first kappa shape index (κ1) is 23.0. The molecular weight excluding hydrogens is 441 g/mol. The Labute approximate surface area is 162 Å². The monoisotopic (exact) mass is 469 g/mol. The van der Waals surface area contributed by atoms with E-state index in [1.54, 1.807) is 7.11 Å². The van der Waals surface area contributed by atoms with Crippen LogP contribution in [0.3, 0.4) is 0 Å². The molecule has 0 heterocycles. The summed E-state index contributed by atoms with van der Waals surface area (Å²) in [6.45, 7) is 5.67. The van der Waals surface area contributed by atoms with Crippen molar-refractivity contribution in [2.24, 2.45) is 4.99 Å². The lowest BCUT2D eigenvalue weighted by atomic mass is 10.1. The van der Waals surface area contributed by atoms with E-state index in [9.17, 15) is 8.42 Å². The van der Waals surface area contributed by atoms with E-state index in [-0.39, 0.29) is 36.3 Å². The van der Waals surface area contributed by atoms with Crippen LogP contribution in [0.2, 0.25) is 0 Å². The minimum absolute atomic E-state index is 0. The average Bonchev–Trinajstić information content (AvgIpc) is 2.47. The molecule has 0 spiro atoms. The van der Waals surface area contributed by atoms with Crippen LogP contribution in [-0.2, 0) is 16.3 Å². The van der Waals surface area contributed by atoms with Crippen molar-refractivity contribution in [3.63, 3.8) is 0 Å². The fraction of sp³-hybridized carbons (Fsp3) is 0.562. The second kappa shape index (κ2) is 11.5. The standard InChI is InChI=1S/C16H27N3O3S.HI/c1-5-17-16(19-10-11-23(4,20)21)18-9-8-14-7-6-13(2)15(12-14)22-3;/h6-7,12H,5,8-11H2,1-4H3,(H2,17,18,19);1H. The molecule has 0 aliphatic rings. The fourth-order valence-corrected chi connectivity index (χ4v) is 2.43. The lowest BCUT2D eigenvalue weighted by Crippen LogP contribution is -2.38. The van der Waals surface area contributed by atoms with Gasteiger partial charge in [0.1, 0.15) is 15.6 Å². The lowest BCUT2D eigenvalue weighted by molar-refractivity contribution is 0.411. The van der Waals surface area contributed by atoms with E-state index in [1.165, 1.54) is 11.8 Å². The van der Waals surface area contributed by atoms with Crippen molar-refractivity contribution in [2.75, 3.05) is 38.8 Å². The molecule has 0 saturated carbocycles. The van der Waals surface area contributed by atoms with E-state index in [1.807, 2.05) is 26.0 Å². The molecule has 0 bridgehead atoms. The summed E-state index contributed by atoms with van der Waals surface area (Å²) >= 11 is 0. The van der Waals surface area contributed by atoms with Gasteiger partial charge in [0.2, 0.25) is 0 Å². The van der Waals surface area contributed by atoms with Crippen LogP contribution in [0.5, 0.6) is 5.75 Å². The molecule has 6 nitrogen and oxygen atoms in total. The topological polar surface area (TPSA) is 79.8 Å². The summed E-state index contributed by atoms with van der Waals surface area (Å²) in [6, 6.07) is 6.15. The predicted octanol–water partition coefficient (Wildman–Crippen LogP) is 1.76. The summed E-state index contributed by atoms with van der Waals surface area (Å²) < 4.78 is 27.6. The van der Waals surface area contributed by atoms with Crippen molar-refractivity contribution in [3.05, 3.63) is 29.3 Å². The largest absolute Gasteiger partial charge is 0.496 e. The van der Waals surface area contributed by atoms with Crippen LogP contribution in [0.15, 0.2) is 23.2 Å². The molecule has 0 radical (unpaired) electrons. The number of guanidine groups is 1. The molecule has 24 heavy (non-hydrogen) atoms. The Hall–Kier alpha value is -1.03. The highest BCUT2D eigenvalue weighted by atomic mass is 127. The molecule has 1 aromatic rings. The summed E-state index contributed by atoms with van der Waals surface area (Å²) in [4.78, 5) is 4.27. The quantitative estimate of drug-likeness (QED) is 0.345. The Balaban J connectivity index is 0.00000529. The van der Waals surface area contributed by atoms with Crippen molar-refractivity contribution in [1.29, 1.82) is 0 Å². The van der Waals surface area contributed by atoms with E-state index >= 15 is 0 Å². The Morgan fingerprint density at radius 1 is 1.29 bits per heavy atom. The second-order valence-electron chi connectivity index (χ2n) is 5.37. The lowest BCUT2D eigenvalue weighted by Gasteiger charge is -2.12. The van der Waals surface area contributed by atoms with Gasteiger partial charge in [0, 0.05) is 19.3 Å². The van der Waals surface area contributed by atoms with Crippen LogP contribution in [0, 0.1) is 6.92 Å². The van der Waals surface area contributed by atoms with Gasteiger partial charge in [-0.3, -0.25) is 4.99 Å². The van der Waals surface area contributed by atoms with E-state index in [0.29, 0.717) is 12.5 Å². The van der Waals surface area contributed by atoms with Crippen LogP contribution in [-0.4, -0.2) is 53.1 Å². The number of hydrogen-bond acceptors (Lipinski definition) is 4. The van der Waals surface area contributed by atoms with Gasteiger partial charge in [0.25, 0.3) is 0 Å². The number of aryl methyl sites for hydroxylation is 1. The normalized spacial score (nSPS) is 11.6. The Morgan fingerprint density at radius 2 is 2.00 bits per heavy atom. The van der Waals surface area contributed by atoms with Crippen molar-refractivity contribution >= 4 is 39.8 Å². The number of nitrogens with zero attached hydrogens (tertiary/aromatic N) is 1. The highest BCUT2D eigenvalue weighted by molar-refractivity contribution is 14.0. The van der Waals surface area contributed by atoms with Crippen LogP contribution in [0.1, 0.15) is 18.1 Å². The van der Waals surface area contributed by atoms with Crippen molar-refractivity contribution in [3.8, 4) is 5.75 Å². The molecule has 0 aliphatic heterocycles. The highest BCUT2D eigenvalue weighted by Gasteiger charge is 2.03. The number of sulfone groups is 1. The molecule has 1 aromatic carbocycles. The number of methoxy groups -OCH3 is 1. The molecule has 0 amide bonds. The van der Waals surface area contributed by atoms with E-state index in [2.05, 4.69) is 21.7 Å². The van der Waals surface area contributed by atoms with Crippen LogP contribution in [0.4, 0.5) is 0 Å². The van der Waals surface area contributed by atoms with Gasteiger partial charge in [0.05, 0.1) is 19.4 Å². The molecule has 1 rings (SSSR count). The molecular formula is C16H28IN3O3S. The number of nitrogens with one attached hydrogen (secondary N) is 2. The maximum absolute atomic E-state index is 11.1. The third-order valence-electron chi connectivity index (χ3n) is 3.25. The van der Waals surface area contributed by atoms with Crippen LogP contribution in [0.25, 0.3) is 0 Å². The summed E-state index contributed by atoms with van der Waals surface area (Å²) in [5.74, 6) is 1.57. The van der Waals surface area contributed by atoms with Gasteiger partial charge in [-0.1, -0.05) is 12.1 Å². The minimum atomic E-state index is -2.99. The van der Waals surface area contributed by atoms with Crippen molar-refractivity contribution < 1.29 is 13.2 Å². The Bertz CT molecular complexity index is 633. The Kier molecular flexibility index (Phi) is 11.0. The zero-order valence-corrected chi connectivity index (χ0v) is 17.9. The first-order valence-electron chi connectivity index (χ1n) is 7.69. The summed E-state index contributed by atoms with van der Waals surface area (Å²) in [6.07, 6.45) is 2.04.